The maximum absolute atomic E-state index is 5.88. The van der Waals surface area contributed by atoms with Gasteiger partial charge in [-0.2, -0.15) is 11.8 Å². The van der Waals surface area contributed by atoms with E-state index >= 15 is 0 Å². The highest BCUT2D eigenvalue weighted by Crippen LogP contribution is 2.40. The lowest BCUT2D eigenvalue weighted by molar-refractivity contribution is -0.177. The summed E-state index contributed by atoms with van der Waals surface area (Å²) in [5.41, 5.74) is 0. The Morgan fingerprint density at radius 3 is 2.74 bits per heavy atom. The van der Waals surface area contributed by atoms with Crippen molar-refractivity contribution in [3.8, 4) is 0 Å². The van der Waals surface area contributed by atoms with E-state index in [1.165, 1.54) is 12.8 Å². The Morgan fingerprint density at radius 1 is 1.21 bits per heavy atom. The summed E-state index contributed by atoms with van der Waals surface area (Å²) >= 11 is 2.04. The van der Waals surface area contributed by atoms with Crippen LogP contribution in [0.15, 0.2) is 0 Å². The average molecular weight is 287 g/mol. The molecule has 0 aromatic heterocycles. The van der Waals surface area contributed by atoms with Crippen molar-refractivity contribution in [2.75, 3.05) is 32.6 Å². The fraction of sp³-hybridized carbons (Fsp3) is 1.00. The second-order valence-corrected chi connectivity index (χ2v) is 7.02. The van der Waals surface area contributed by atoms with E-state index in [9.17, 15) is 0 Å². The molecule has 0 bridgehead atoms. The Morgan fingerprint density at radius 2 is 2.05 bits per heavy atom. The van der Waals surface area contributed by atoms with Gasteiger partial charge in [-0.15, -0.1) is 0 Å². The lowest BCUT2D eigenvalue weighted by atomic mass is 9.89. The summed E-state index contributed by atoms with van der Waals surface area (Å²) in [6, 6.07) is 0.574. The highest BCUT2D eigenvalue weighted by molar-refractivity contribution is 8.00. The predicted octanol–water partition coefficient (Wildman–Crippen LogP) is 1.78. The van der Waals surface area contributed by atoms with Crippen LogP contribution in [-0.2, 0) is 14.2 Å². The van der Waals surface area contributed by atoms with E-state index in [2.05, 4.69) is 12.4 Å². The van der Waals surface area contributed by atoms with Gasteiger partial charge >= 0.3 is 0 Å². The molecule has 0 radical (unpaired) electrons. The van der Waals surface area contributed by atoms with Crippen LogP contribution in [0.25, 0.3) is 0 Å². The Kier molecular flexibility index (Phi) is 4.70. The van der Waals surface area contributed by atoms with Crippen LogP contribution in [0, 0.1) is 0 Å². The standard InChI is InChI=1S/C14H25NO3S/c1-15-12-4-5-14(17-7-8-18-14)9-13(12)19-10-11-3-2-6-16-11/h11-13,15H,2-10H2,1H3. The lowest BCUT2D eigenvalue weighted by Crippen LogP contribution is -2.49. The van der Waals surface area contributed by atoms with Crippen molar-refractivity contribution in [3.63, 3.8) is 0 Å². The Bertz CT molecular complexity index is 290. The quantitative estimate of drug-likeness (QED) is 0.853. The first-order valence-corrected chi connectivity index (χ1v) is 8.55. The zero-order valence-corrected chi connectivity index (χ0v) is 12.5. The van der Waals surface area contributed by atoms with Gasteiger partial charge in [0, 0.05) is 36.5 Å². The molecule has 0 aromatic rings. The molecule has 0 aromatic carbocycles. The van der Waals surface area contributed by atoms with Gasteiger partial charge in [-0.3, -0.25) is 0 Å². The molecule has 3 aliphatic rings. The minimum Gasteiger partial charge on any atom is -0.377 e. The Balaban J connectivity index is 1.55. The van der Waals surface area contributed by atoms with Crippen LogP contribution in [0.1, 0.15) is 32.1 Å². The molecule has 3 rings (SSSR count). The molecule has 1 N–H and O–H groups in total. The summed E-state index contributed by atoms with van der Waals surface area (Å²) in [5.74, 6) is 0.834. The molecule has 4 nitrogen and oxygen atoms in total. The Hall–Kier alpha value is 0.190. The first kappa shape index (κ1) is 14.1. The van der Waals surface area contributed by atoms with Gasteiger partial charge in [0.25, 0.3) is 0 Å². The summed E-state index contributed by atoms with van der Waals surface area (Å²) in [5, 5.41) is 4.03. The smallest absolute Gasteiger partial charge is 0.169 e. The largest absolute Gasteiger partial charge is 0.377 e. The minimum atomic E-state index is -0.276. The molecular weight excluding hydrogens is 262 g/mol. The lowest BCUT2D eigenvalue weighted by Gasteiger charge is -2.41. The van der Waals surface area contributed by atoms with Crippen LogP contribution in [0.2, 0.25) is 0 Å². The molecule has 3 atom stereocenters. The second kappa shape index (κ2) is 6.31. The SMILES string of the molecule is CNC1CCC2(CC1SCC1CCCO1)OCCO2. The van der Waals surface area contributed by atoms with E-state index in [0.29, 0.717) is 17.4 Å². The van der Waals surface area contributed by atoms with Crippen LogP contribution in [0.3, 0.4) is 0 Å². The molecule has 2 saturated heterocycles. The van der Waals surface area contributed by atoms with Crippen molar-refractivity contribution in [1.82, 2.24) is 5.32 Å². The molecule has 3 unspecified atom stereocenters. The summed E-state index contributed by atoms with van der Waals surface area (Å²) < 4.78 is 17.5. The molecule has 0 amide bonds. The molecule has 3 fully saturated rings. The van der Waals surface area contributed by atoms with E-state index in [-0.39, 0.29) is 5.79 Å². The third-order valence-electron chi connectivity index (χ3n) is 4.50. The topological polar surface area (TPSA) is 39.7 Å². The van der Waals surface area contributed by atoms with Crippen molar-refractivity contribution < 1.29 is 14.2 Å². The molecule has 2 aliphatic heterocycles. The van der Waals surface area contributed by atoms with E-state index in [4.69, 9.17) is 14.2 Å². The maximum Gasteiger partial charge on any atom is 0.169 e. The summed E-state index contributed by atoms with van der Waals surface area (Å²) in [7, 11) is 2.07. The van der Waals surface area contributed by atoms with Crippen LogP contribution < -0.4 is 5.32 Å². The summed E-state index contributed by atoms with van der Waals surface area (Å²) in [4.78, 5) is 0. The molecule has 110 valence electrons. The van der Waals surface area contributed by atoms with Crippen molar-refractivity contribution >= 4 is 11.8 Å². The van der Waals surface area contributed by atoms with Crippen molar-refractivity contribution in [2.24, 2.45) is 0 Å². The van der Waals surface area contributed by atoms with Gasteiger partial charge in [-0.25, -0.2) is 0 Å². The highest BCUT2D eigenvalue weighted by Gasteiger charge is 2.45. The first-order chi connectivity index (χ1) is 9.31. The first-order valence-electron chi connectivity index (χ1n) is 7.50. The van der Waals surface area contributed by atoms with Crippen molar-refractivity contribution in [1.29, 1.82) is 0 Å². The van der Waals surface area contributed by atoms with Gasteiger partial charge in [-0.1, -0.05) is 0 Å². The monoisotopic (exact) mass is 287 g/mol. The molecule has 1 spiro atoms. The molecule has 1 saturated carbocycles. The highest BCUT2D eigenvalue weighted by atomic mass is 32.2. The fourth-order valence-corrected chi connectivity index (χ4v) is 4.98. The van der Waals surface area contributed by atoms with E-state index in [1.807, 2.05) is 11.8 Å². The van der Waals surface area contributed by atoms with E-state index < -0.39 is 0 Å². The minimum absolute atomic E-state index is 0.276. The molecular formula is C14H25NO3S. The van der Waals surface area contributed by atoms with Crippen molar-refractivity contribution in [2.45, 2.75) is 55.3 Å². The van der Waals surface area contributed by atoms with Gasteiger partial charge in [0.2, 0.25) is 0 Å². The number of hydrogen-bond acceptors (Lipinski definition) is 5. The number of nitrogens with one attached hydrogen (secondary N) is 1. The summed E-state index contributed by atoms with van der Waals surface area (Å²) in [6.45, 7) is 2.46. The van der Waals surface area contributed by atoms with Gasteiger partial charge in [0.15, 0.2) is 5.79 Å². The number of thioether (sulfide) groups is 1. The molecule has 19 heavy (non-hydrogen) atoms. The van der Waals surface area contributed by atoms with Gasteiger partial charge < -0.3 is 19.5 Å². The number of rotatable bonds is 4. The van der Waals surface area contributed by atoms with E-state index in [0.717, 1.165) is 44.8 Å². The summed E-state index contributed by atoms with van der Waals surface area (Å²) in [6.07, 6.45) is 6.08. The zero-order valence-electron chi connectivity index (χ0n) is 11.7. The second-order valence-electron chi connectivity index (χ2n) is 5.75. The van der Waals surface area contributed by atoms with Crippen LogP contribution in [0.5, 0.6) is 0 Å². The number of hydrogen-bond donors (Lipinski definition) is 1. The normalized spacial score (nSPS) is 38.1. The van der Waals surface area contributed by atoms with Crippen LogP contribution in [0.4, 0.5) is 0 Å². The van der Waals surface area contributed by atoms with Gasteiger partial charge in [0.1, 0.15) is 0 Å². The van der Waals surface area contributed by atoms with Gasteiger partial charge in [0.05, 0.1) is 19.3 Å². The average Bonchev–Trinajstić information content (AvgIpc) is 3.09. The third kappa shape index (κ3) is 3.27. The van der Waals surface area contributed by atoms with Crippen LogP contribution in [-0.4, -0.2) is 55.8 Å². The zero-order chi connectivity index (χ0) is 13.1. The fourth-order valence-electron chi connectivity index (χ4n) is 3.38. The predicted molar refractivity (Wildman–Crippen MR) is 76.6 cm³/mol. The van der Waals surface area contributed by atoms with Crippen molar-refractivity contribution in [3.05, 3.63) is 0 Å². The Labute approximate surface area is 119 Å². The maximum atomic E-state index is 5.88. The molecule has 2 heterocycles. The number of ether oxygens (including phenoxy) is 3. The molecule has 5 heteroatoms. The van der Waals surface area contributed by atoms with Crippen LogP contribution >= 0.6 is 11.8 Å². The third-order valence-corrected chi connectivity index (χ3v) is 5.99. The molecule has 1 aliphatic carbocycles. The van der Waals surface area contributed by atoms with Gasteiger partial charge in [-0.05, 0) is 26.3 Å². The van der Waals surface area contributed by atoms with E-state index in [1.54, 1.807) is 0 Å².